The van der Waals surface area contributed by atoms with E-state index in [-0.39, 0.29) is 5.91 Å². The van der Waals surface area contributed by atoms with Gasteiger partial charge in [0.25, 0.3) is 0 Å². The summed E-state index contributed by atoms with van der Waals surface area (Å²) in [5.74, 6) is 3.08. The van der Waals surface area contributed by atoms with Gasteiger partial charge in [0.1, 0.15) is 0 Å². The van der Waals surface area contributed by atoms with Gasteiger partial charge in [0.2, 0.25) is 5.91 Å². The minimum absolute atomic E-state index is 0.199. The summed E-state index contributed by atoms with van der Waals surface area (Å²) in [5.41, 5.74) is 1.30. The van der Waals surface area contributed by atoms with E-state index in [1.165, 1.54) is 31.4 Å². The summed E-state index contributed by atoms with van der Waals surface area (Å²) in [6, 6.07) is 2.50. The van der Waals surface area contributed by atoms with Gasteiger partial charge in [-0.1, -0.05) is 6.92 Å². The maximum atomic E-state index is 11.6. The van der Waals surface area contributed by atoms with E-state index < -0.39 is 0 Å². The van der Waals surface area contributed by atoms with Gasteiger partial charge in [-0.25, -0.2) is 4.98 Å². The van der Waals surface area contributed by atoms with Crippen molar-refractivity contribution in [2.45, 2.75) is 57.9 Å². The van der Waals surface area contributed by atoms with Crippen LogP contribution in [0.1, 0.15) is 51.0 Å². The lowest BCUT2D eigenvalue weighted by atomic mass is 9.84. The largest absolute Gasteiger partial charge is 0.489 e. The van der Waals surface area contributed by atoms with E-state index in [9.17, 15) is 4.79 Å². The minimum Gasteiger partial charge on any atom is -0.489 e. The predicted molar refractivity (Wildman–Crippen MR) is 111 cm³/mol. The third-order valence-electron chi connectivity index (χ3n) is 6.64. The van der Waals surface area contributed by atoms with Gasteiger partial charge < -0.3 is 15.0 Å². The molecule has 0 radical (unpaired) electrons. The second kappa shape index (κ2) is 9.12. The Kier molecular flexibility index (Phi) is 6.35. The molecule has 6 heteroatoms. The number of hydrogen-bond acceptors (Lipinski definition) is 5. The molecule has 0 spiro atoms. The average molecular weight is 387 g/mol. The maximum absolute atomic E-state index is 11.6. The molecule has 1 amide bonds. The van der Waals surface area contributed by atoms with E-state index in [1.807, 2.05) is 13.1 Å². The molecule has 0 unspecified atom stereocenters. The number of hydrogen-bond donors (Lipinski definition) is 1. The van der Waals surface area contributed by atoms with Gasteiger partial charge in [0.15, 0.2) is 11.6 Å². The van der Waals surface area contributed by atoms with Crippen molar-refractivity contribution in [1.29, 1.82) is 0 Å². The van der Waals surface area contributed by atoms with Crippen LogP contribution >= 0.6 is 0 Å². The summed E-state index contributed by atoms with van der Waals surface area (Å²) in [4.78, 5) is 21.1. The van der Waals surface area contributed by atoms with E-state index in [1.54, 1.807) is 0 Å². The summed E-state index contributed by atoms with van der Waals surface area (Å²) >= 11 is 0. The number of piperazine rings is 1. The van der Waals surface area contributed by atoms with Gasteiger partial charge in [0.05, 0.1) is 6.61 Å². The van der Waals surface area contributed by atoms with Crippen molar-refractivity contribution >= 4 is 11.7 Å². The molecular formula is C22H34N4O2. The molecule has 2 aliphatic heterocycles. The number of rotatable bonds is 6. The molecule has 3 heterocycles. The number of fused-ring (bicyclic) bond motifs is 1. The van der Waals surface area contributed by atoms with E-state index in [4.69, 9.17) is 4.74 Å². The maximum Gasteiger partial charge on any atom is 0.219 e. The number of amides is 1. The first kappa shape index (κ1) is 19.5. The number of nitrogens with zero attached hydrogens (tertiary/aromatic N) is 3. The predicted octanol–water partition coefficient (Wildman–Crippen LogP) is 2.61. The minimum atomic E-state index is 0.199. The van der Waals surface area contributed by atoms with Gasteiger partial charge in [-0.2, -0.15) is 0 Å². The first-order valence-electron chi connectivity index (χ1n) is 11.1. The monoisotopic (exact) mass is 386 g/mol. The highest BCUT2D eigenvalue weighted by Crippen LogP contribution is 2.34. The molecule has 154 valence electrons. The van der Waals surface area contributed by atoms with Crippen LogP contribution in [0.15, 0.2) is 12.3 Å². The Morgan fingerprint density at radius 1 is 1.21 bits per heavy atom. The van der Waals surface area contributed by atoms with Crippen molar-refractivity contribution in [1.82, 2.24) is 15.2 Å². The fourth-order valence-electron chi connectivity index (χ4n) is 4.79. The van der Waals surface area contributed by atoms with Gasteiger partial charge in [-0.15, -0.1) is 0 Å². The summed E-state index contributed by atoms with van der Waals surface area (Å²) < 4.78 is 5.83. The van der Waals surface area contributed by atoms with Gasteiger partial charge in [-0.3, -0.25) is 9.69 Å². The van der Waals surface area contributed by atoms with Crippen LogP contribution in [0.2, 0.25) is 0 Å². The Labute approximate surface area is 168 Å². The van der Waals surface area contributed by atoms with E-state index in [0.717, 1.165) is 69.5 Å². The van der Waals surface area contributed by atoms with Crippen molar-refractivity contribution in [3.8, 4) is 5.75 Å². The average Bonchev–Trinajstić information content (AvgIpc) is 3.22. The molecule has 1 saturated heterocycles. The number of carbonyl (C=O) groups is 1. The van der Waals surface area contributed by atoms with Crippen LogP contribution in [0, 0.1) is 5.92 Å². The fraction of sp³-hybridized carbons (Fsp3) is 0.727. The second-order valence-electron chi connectivity index (χ2n) is 8.48. The third-order valence-corrected chi connectivity index (χ3v) is 6.64. The first-order chi connectivity index (χ1) is 13.7. The molecule has 0 aromatic carbocycles. The molecule has 3 aliphatic rings. The highest BCUT2D eigenvalue weighted by Gasteiger charge is 2.26. The first-order valence-corrected chi connectivity index (χ1v) is 11.1. The number of nitrogens with one attached hydrogen (secondary N) is 1. The zero-order valence-electron chi connectivity index (χ0n) is 17.2. The van der Waals surface area contributed by atoms with Crippen molar-refractivity contribution < 1.29 is 9.53 Å². The Morgan fingerprint density at radius 2 is 2.00 bits per heavy atom. The molecule has 2 fully saturated rings. The molecule has 0 bridgehead atoms. The summed E-state index contributed by atoms with van der Waals surface area (Å²) in [5, 5.41) is 3.16. The van der Waals surface area contributed by atoms with Gasteiger partial charge in [-0.05, 0) is 50.6 Å². The highest BCUT2D eigenvalue weighted by molar-refractivity contribution is 5.75. The van der Waals surface area contributed by atoms with Crippen molar-refractivity contribution in [2.24, 2.45) is 5.92 Å². The normalized spacial score (nSPS) is 25.2. The molecule has 4 rings (SSSR count). The molecule has 28 heavy (non-hydrogen) atoms. The fourth-order valence-corrected chi connectivity index (χ4v) is 4.79. The van der Waals surface area contributed by atoms with Crippen LogP contribution in [0.3, 0.4) is 0 Å². The second-order valence-corrected chi connectivity index (χ2v) is 8.48. The summed E-state index contributed by atoms with van der Waals surface area (Å²) in [6.07, 6.45) is 9.63. The topological polar surface area (TPSA) is 57.7 Å². The summed E-state index contributed by atoms with van der Waals surface area (Å²) in [6.45, 7) is 8.18. The van der Waals surface area contributed by atoms with E-state index in [0.29, 0.717) is 12.5 Å². The number of pyridine rings is 1. The van der Waals surface area contributed by atoms with E-state index in [2.05, 4.69) is 26.2 Å². The number of carbonyl (C=O) groups excluding carboxylic acids is 1. The Balaban J connectivity index is 1.18. The van der Waals surface area contributed by atoms with Crippen LogP contribution in [0.25, 0.3) is 0 Å². The number of anilines is 1. The van der Waals surface area contributed by atoms with Crippen LogP contribution in [-0.4, -0.2) is 61.2 Å². The van der Waals surface area contributed by atoms with Crippen molar-refractivity contribution in [3.05, 3.63) is 17.8 Å². The number of ether oxygens (including phenoxy) is 1. The zero-order chi connectivity index (χ0) is 19.3. The highest BCUT2D eigenvalue weighted by atomic mass is 16.5. The lowest BCUT2D eigenvalue weighted by Gasteiger charge is -2.37. The quantitative estimate of drug-likeness (QED) is 0.814. The summed E-state index contributed by atoms with van der Waals surface area (Å²) in [7, 11) is 0. The Morgan fingerprint density at radius 3 is 2.75 bits per heavy atom. The van der Waals surface area contributed by atoms with Gasteiger partial charge in [0, 0.05) is 56.8 Å². The van der Waals surface area contributed by atoms with Crippen LogP contribution in [0.5, 0.6) is 5.75 Å². The molecule has 1 N–H and O–H groups in total. The van der Waals surface area contributed by atoms with E-state index >= 15 is 0 Å². The molecule has 6 nitrogen and oxygen atoms in total. The molecule has 1 aromatic rings. The molecule has 1 aromatic heterocycles. The molecular weight excluding hydrogens is 352 g/mol. The SMILES string of the molecule is CCC(=O)N[C@H]1CC[C@H](CCN2CCN(c3nccc4c3OCC4)CC2)CC1. The van der Waals surface area contributed by atoms with Crippen molar-refractivity contribution in [3.63, 3.8) is 0 Å². The standard InChI is InChI=1S/C22H34N4O2/c1-2-20(27)24-19-5-3-17(4-6-19)8-11-25-12-14-26(15-13-25)22-21-18(7-10-23-22)9-16-28-21/h7,10,17,19H,2-6,8-9,11-16H2,1H3,(H,24,27)/t17-,19-. The Bertz CT molecular complexity index is 665. The van der Waals surface area contributed by atoms with Crippen LogP contribution in [0.4, 0.5) is 5.82 Å². The Hall–Kier alpha value is -1.82. The molecule has 0 atom stereocenters. The third kappa shape index (κ3) is 4.59. The molecule has 1 aliphatic carbocycles. The van der Waals surface area contributed by atoms with Crippen LogP contribution in [-0.2, 0) is 11.2 Å². The van der Waals surface area contributed by atoms with Crippen LogP contribution < -0.4 is 15.0 Å². The lowest BCUT2D eigenvalue weighted by Crippen LogP contribution is -2.47. The number of aromatic nitrogens is 1. The molecule has 1 saturated carbocycles. The smallest absolute Gasteiger partial charge is 0.219 e. The lowest BCUT2D eigenvalue weighted by molar-refractivity contribution is -0.121. The van der Waals surface area contributed by atoms with Crippen molar-refractivity contribution in [2.75, 3.05) is 44.2 Å². The van der Waals surface area contributed by atoms with Gasteiger partial charge >= 0.3 is 0 Å². The zero-order valence-corrected chi connectivity index (χ0v) is 17.2.